The number of aromatic amines is 1. The Hall–Kier alpha value is -2.63. The fraction of sp³-hybridized carbons (Fsp3) is 0.267. The van der Waals surface area contributed by atoms with Gasteiger partial charge < -0.3 is 15.0 Å². The quantitative estimate of drug-likeness (QED) is 0.901. The van der Waals surface area contributed by atoms with Crippen molar-refractivity contribution in [3.05, 3.63) is 52.1 Å². The lowest BCUT2D eigenvalue weighted by Gasteiger charge is -2.19. The Morgan fingerprint density at radius 2 is 1.90 bits per heavy atom. The number of anilines is 2. The summed E-state index contributed by atoms with van der Waals surface area (Å²) in [6.07, 6.45) is 0. The highest BCUT2D eigenvalue weighted by Crippen LogP contribution is 2.22. The van der Waals surface area contributed by atoms with Gasteiger partial charge in [0, 0.05) is 24.7 Å². The van der Waals surface area contributed by atoms with Crippen molar-refractivity contribution < 1.29 is 9.90 Å². The largest absolute Gasteiger partial charge is 0.478 e. The molecule has 0 unspecified atom stereocenters. The van der Waals surface area contributed by atoms with Crippen molar-refractivity contribution in [2.45, 2.75) is 19.8 Å². The summed E-state index contributed by atoms with van der Waals surface area (Å²) in [4.78, 5) is 31.4. The maximum Gasteiger partial charge on any atom is 0.335 e. The second-order valence-electron chi connectivity index (χ2n) is 5.05. The third-order valence-electron chi connectivity index (χ3n) is 3.14. The summed E-state index contributed by atoms with van der Waals surface area (Å²) in [5.41, 5.74) is 0.763. The third kappa shape index (κ3) is 3.28. The van der Waals surface area contributed by atoms with Gasteiger partial charge in [-0.2, -0.15) is 0 Å². The SMILES string of the molecule is CC(C)c1nc(N(C)c2ccc(C(=O)O)cc2)cc(=O)[nH]1. The van der Waals surface area contributed by atoms with Gasteiger partial charge in [0.25, 0.3) is 5.56 Å². The van der Waals surface area contributed by atoms with E-state index in [9.17, 15) is 9.59 Å². The van der Waals surface area contributed by atoms with E-state index >= 15 is 0 Å². The van der Waals surface area contributed by atoms with Gasteiger partial charge in [-0.3, -0.25) is 4.79 Å². The molecule has 0 fully saturated rings. The molecule has 0 saturated carbocycles. The summed E-state index contributed by atoms with van der Waals surface area (Å²) < 4.78 is 0. The smallest absolute Gasteiger partial charge is 0.335 e. The van der Waals surface area contributed by atoms with Crippen molar-refractivity contribution in [2.24, 2.45) is 0 Å². The molecule has 0 aliphatic carbocycles. The number of nitrogens with zero attached hydrogens (tertiary/aromatic N) is 2. The summed E-state index contributed by atoms with van der Waals surface area (Å²) in [7, 11) is 1.78. The Kier molecular flexibility index (Phi) is 4.07. The fourth-order valence-corrected chi connectivity index (χ4v) is 1.87. The van der Waals surface area contributed by atoms with Crippen molar-refractivity contribution >= 4 is 17.5 Å². The number of benzene rings is 1. The molecule has 110 valence electrons. The lowest BCUT2D eigenvalue weighted by Crippen LogP contribution is -2.19. The second-order valence-corrected chi connectivity index (χ2v) is 5.05. The minimum absolute atomic E-state index is 0.112. The number of hydrogen-bond donors (Lipinski definition) is 2. The average Bonchev–Trinajstić information content (AvgIpc) is 2.45. The summed E-state index contributed by atoms with van der Waals surface area (Å²) in [6.45, 7) is 3.90. The van der Waals surface area contributed by atoms with E-state index in [1.54, 1.807) is 24.1 Å². The molecule has 21 heavy (non-hydrogen) atoms. The first kappa shape index (κ1) is 14.8. The monoisotopic (exact) mass is 287 g/mol. The van der Waals surface area contributed by atoms with E-state index in [0.29, 0.717) is 11.6 Å². The molecule has 2 aromatic rings. The first-order valence-electron chi connectivity index (χ1n) is 6.57. The van der Waals surface area contributed by atoms with E-state index in [1.165, 1.54) is 18.2 Å². The highest BCUT2D eigenvalue weighted by atomic mass is 16.4. The predicted molar refractivity (Wildman–Crippen MR) is 80.4 cm³/mol. The maximum absolute atomic E-state index is 11.7. The average molecular weight is 287 g/mol. The Morgan fingerprint density at radius 1 is 1.29 bits per heavy atom. The number of rotatable bonds is 4. The van der Waals surface area contributed by atoms with Gasteiger partial charge >= 0.3 is 5.97 Å². The number of nitrogens with one attached hydrogen (secondary N) is 1. The first-order chi connectivity index (χ1) is 9.88. The van der Waals surface area contributed by atoms with Gasteiger partial charge in [-0.05, 0) is 24.3 Å². The Balaban J connectivity index is 2.37. The van der Waals surface area contributed by atoms with Crippen molar-refractivity contribution in [3.63, 3.8) is 0 Å². The molecule has 0 amide bonds. The highest BCUT2D eigenvalue weighted by molar-refractivity contribution is 5.88. The molecule has 2 rings (SSSR count). The van der Waals surface area contributed by atoms with Crippen LogP contribution in [-0.4, -0.2) is 28.1 Å². The van der Waals surface area contributed by atoms with Crippen LogP contribution in [0.25, 0.3) is 0 Å². The highest BCUT2D eigenvalue weighted by Gasteiger charge is 2.11. The minimum Gasteiger partial charge on any atom is -0.478 e. The molecule has 6 nitrogen and oxygen atoms in total. The van der Waals surface area contributed by atoms with Crippen LogP contribution in [0.5, 0.6) is 0 Å². The van der Waals surface area contributed by atoms with Crippen LogP contribution in [0.2, 0.25) is 0 Å². The van der Waals surface area contributed by atoms with Gasteiger partial charge in [-0.25, -0.2) is 9.78 Å². The molecular formula is C15H17N3O3. The minimum atomic E-state index is -0.972. The fourth-order valence-electron chi connectivity index (χ4n) is 1.87. The standard InChI is InChI=1S/C15H17N3O3/c1-9(2)14-16-12(8-13(19)17-14)18(3)11-6-4-10(5-7-11)15(20)21/h4-9H,1-3H3,(H,20,21)(H,16,17,19). The van der Waals surface area contributed by atoms with Crippen LogP contribution in [0, 0.1) is 0 Å². The number of hydrogen-bond acceptors (Lipinski definition) is 4. The van der Waals surface area contributed by atoms with E-state index in [2.05, 4.69) is 9.97 Å². The van der Waals surface area contributed by atoms with Gasteiger partial charge in [0.1, 0.15) is 11.6 Å². The van der Waals surface area contributed by atoms with Crippen LogP contribution in [0.4, 0.5) is 11.5 Å². The number of carboxylic acid groups (broad SMARTS) is 1. The number of carbonyl (C=O) groups is 1. The summed E-state index contributed by atoms with van der Waals surface area (Å²) in [5, 5.41) is 8.89. The van der Waals surface area contributed by atoms with Gasteiger partial charge in [0.15, 0.2) is 0 Å². The van der Waals surface area contributed by atoms with Crippen molar-refractivity contribution in [1.29, 1.82) is 0 Å². The molecule has 0 radical (unpaired) electrons. The molecule has 0 bridgehead atoms. The molecule has 2 N–H and O–H groups in total. The third-order valence-corrected chi connectivity index (χ3v) is 3.14. The lowest BCUT2D eigenvalue weighted by molar-refractivity contribution is 0.0697. The van der Waals surface area contributed by atoms with Crippen molar-refractivity contribution in [1.82, 2.24) is 9.97 Å². The Bertz CT molecular complexity index is 705. The van der Waals surface area contributed by atoms with E-state index < -0.39 is 5.97 Å². The first-order valence-corrected chi connectivity index (χ1v) is 6.57. The molecule has 0 atom stereocenters. The topological polar surface area (TPSA) is 86.3 Å². The summed E-state index contributed by atoms with van der Waals surface area (Å²) >= 11 is 0. The zero-order chi connectivity index (χ0) is 15.6. The molecule has 0 saturated heterocycles. The zero-order valence-corrected chi connectivity index (χ0v) is 12.1. The van der Waals surface area contributed by atoms with Gasteiger partial charge in [-0.15, -0.1) is 0 Å². The summed E-state index contributed by atoms with van der Waals surface area (Å²) in [5.74, 6) is 0.276. The predicted octanol–water partition coefficient (Wildman–Crippen LogP) is 2.36. The van der Waals surface area contributed by atoms with Crippen LogP contribution in [-0.2, 0) is 0 Å². The Labute approximate surface area is 122 Å². The summed E-state index contributed by atoms with van der Waals surface area (Å²) in [6, 6.07) is 7.81. The Morgan fingerprint density at radius 3 is 2.43 bits per heavy atom. The normalized spacial score (nSPS) is 10.7. The van der Waals surface area contributed by atoms with Crippen molar-refractivity contribution in [3.8, 4) is 0 Å². The van der Waals surface area contributed by atoms with Gasteiger partial charge in [0.05, 0.1) is 5.56 Å². The van der Waals surface area contributed by atoms with Crippen LogP contribution in [0.1, 0.15) is 35.9 Å². The molecule has 6 heteroatoms. The number of carboxylic acids is 1. The lowest BCUT2D eigenvalue weighted by atomic mass is 10.2. The molecule has 0 aliphatic heterocycles. The molecule has 0 spiro atoms. The van der Waals surface area contributed by atoms with Crippen LogP contribution in [0.3, 0.4) is 0 Å². The molecular weight excluding hydrogens is 270 g/mol. The second kappa shape index (κ2) is 5.78. The van der Waals surface area contributed by atoms with E-state index in [4.69, 9.17) is 5.11 Å². The van der Waals surface area contributed by atoms with Gasteiger partial charge in [-0.1, -0.05) is 13.8 Å². The van der Waals surface area contributed by atoms with Crippen LogP contribution >= 0.6 is 0 Å². The molecule has 0 aliphatic rings. The maximum atomic E-state index is 11.7. The van der Waals surface area contributed by atoms with E-state index in [0.717, 1.165) is 5.69 Å². The van der Waals surface area contributed by atoms with Crippen molar-refractivity contribution in [2.75, 3.05) is 11.9 Å². The number of aromatic carboxylic acids is 1. The van der Waals surface area contributed by atoms with Gasteiger partial charge in [0.2, 0.25) is 0 Å². The van der Waals surface area contributed by atoms with E-state index in [-0.39, 0.29) is 17.0 Å². The molecule has 1 aromatic heterocycles. The number of aromatic nitrogens is 2. The van der Waals surface area contributed by atoms with Crippen LogP contribution in [0.15, 0.2) is 35.1 Å². The molecule has 1 aromatic carbocycles. The van der Waals surface area contributed by atoms with Crippen LogP contribution < -0.4 is 10.5 Å². The zero-order valence-electron chi connectivity index (χ0n) is 12.1. The van der Waals surface area contributed by atoms with E-state index in [1.807, 2.05) is 13.8 Å². The number of H-pyrrole nitrogens is 1. The molecule has 1 heterocycles.